The maximum absolute atomic E-state index is 12.0. The predicted octanol–water partition coefficient (Wildman–Crippen LogP) is 0.0611. The van der Waals surface area contributed by atoms with E-state index in [2.05, 4.69) is 9.82 Å². The fourth-order valence-electron chi connectivity index (χ4n) is 1.47. The van der Waals surface area contributed by atoms with Gasteiger partial charge in [-0.1, -0.05) is 0 Å². The van der Waals surface area contributed by atoms with Gasteiger partial charge >= 0.3 is 5.97 Å². The first kappa shape index (κ1) is 16.6. The molecule has 2 N–H and O–H groups in total. The van der Waals surface area contributed by atoms with E-state index >= 15 is 0 Å². The molecule has 114 valence electrons. The van der Waals surface area contributed by atoms with Crippen LogP contribution in [0.25, 0.3) is 0 Å². The van der Waals surface area contributed by atoms with Gasteiger partial charge < -0.3 is 9.84 Å². The third-order valence-electron chi connectivity index (χ3n) is 2.49. The zero-order valence-corrected chi connectivity index (χ0v) is 12.3. The molecular weight excluding hydrogens is 286 g/mol. The van der Waals surface area contributed by atoms with E-state index < -0.39 is 16.0 Å². The van der Waals surface area contributed by atoms with Crippen LogP contribution in [0.3, 0.4) is 0 Å². The zero-order valence-electron chi connectivity index (χ0n) is 11.4. The Balaban J connectivity index is 2.61. The summed E-state index contributed by atoms with van der Waals surface area (Å²) >= 11 is 0. The first-order valence-electron chi connectivity index (χ1n) is 6.20. The van der Waals surface area contributed by atoms with Crippen molar-refractivity contribution in [3.63, 3.8) is 0 Å². The fourth-order valence-corrected chi connectivity index (χ4v) is 2.54. The molecule has 0 aliphatic rings. The molecule has 0 fully saturated rings. The van der Waals surface area contributed by atoms with E-state index in [4.69, 9.17) is 9.84 Å². The normalized spacial score (nSPS) is 13.3. The molecule has 0 saturated carbocycles. The second-order valence-corrected chi connectivity index (χ2v) is 5.97. The summed E-state index contributed by atoms with van der Waals surface area (Å²) < 4.78 is 32.8. The standard InChI is InChI=1S/C11H19N3O5S/c1-3-19-9(2)6-13-20(17,18)10-7-12-14(8-10)5-4-11(15)16/h7-9,13H,3-6H2,1-2H3,(H,15,16). The van der Waals surface area contributed by atoms with E-state index in [1.165, 1.54) is 17.1 Å². The molecule has 0 aliphatic carbocycles. The fraction of sp³-hybridized carbons (Fsp3) is 0.636. The number of hydrogen-bond donors (Lipinski definition) is 2. The van der Waals surface area contributed by atoms with Gasteiger partial charge in [-0.2, -0.15) is 5.10 Å². The molecule has 1 atom stereocenters. The summed E-state index contributed by atoms with van der Waals surface area (Å²) in [6.45, 7) is 4.40. The van der Waals surface area contributed by atoms with Crippen LogP contribution in [0.4, 0.5) is 0 Å². The van der Waals surface area contributed by atoms with Gasteiger partial charge in [-0.15, -0.1) is 0 Å². The van der Waals surface area contributed by atoms with E-state index in [1.54, 1.807) is 6.92 Å². The molecule has 0 spiro atoms. The van der Waals surface area contributed by atoms with Gasteiger partial charge in [-0.05, 0) is 13.8 Å². The molecular formula is C11H19N3O5S. The molecule has 9 heteroatoms. The molecule has 0 amide bonds. The van der Waals surface area contributed by atoms with Crippen molar-refractivity contribution in [3.8, 4) is 0 Å². The lowest BCUT2D eigenvalue weighted by Crippen LogP contribution is -2.32. The van der Waals surface area contributed by atoms with Crippen LogP contribution in [0, 0.1) is 0 Å². The maximum Gasteiger partial charge on any atom is 0.305 e. The van der Waals surface area contributed by atoms with E-state index in [0.717, 1.165) is 0 Å². The largest absolute Gasteiger partial charge is 0.481 e. The summed E-state index contributed by atoms with van der Waals surface area (Å²) in [5, 5.41) is 12.4. The number of hydrogen-bond acceptors (Lipinski definition) is 5. The van der Waals surface area contributed by atoms with Gasteiger partial charge in [0.15, 0.2) is 0 Å². The van der Waals surface area contributed by atoms with Crippen molar-refractivity contribution in [1.82, 2.24) is 14.5 Å². The smallest absolute Gasteiger partial charge is 0.305 e. The SMILES string of the molecule is CCOC(C)CNS(=O)(=O)c1cnn(CCC(=O)O)c1. The van der Waals surface area contributed by atoms with E-state index in [9.17, 15) is 13.2 Å². The number of aliphatic carboxylic acids is 1. The minimum absolute atomic E-state index is 0.00610. The van der Waals surface area contributed by atoms with Gasteiger partial charge in [-0.3, -0.25) is 9.48 Å². The van der Waals surface area contributed by atoms with Gasteiger partial charge in [0.1, 0.15) is 4.90 Å². The molecule has 0 saturated heterocycles. The summed E-state index contributed by atoms with van der Waals surface area (Å²) in [6.07, 6.45) is 2.15. The van der Waals surface area contributed by atoms with Crippen molar-refractivity contribution in [2.24, 2.45) is 0 Å². The summed E-state index contributed by atoms with van der Waals surface area (Å²) in [5.41, 5.74) is 0. The Labute approximate surface area is 117 Å². The van der Waals surface area contributed by atoms with Gasteiger partial charge in [-0.25, -0.2) is 13.1 Å². The monoisotopic (exact) mass is 305 g/mol. The quantitative estimate of drug-likeness (QED) is 0.667. The Morgan fingerprint density at radius 3 is 2.90 bits per heavy atom. The number of rotatable bonds is 9. The van der Waals surface area contributed by atoms with Crippen molar-refractivity contribution < 1.29 is 23.1 Å². The van der Waals surface area contributed by atoms with Gasteiger partial charge in [0.05, 0.1) is 25.3 Å². The first-order valence-corrected chi connectivity index (χ1v) is 7.69. The molecule has 1 aromatic heterocycles. The maximum atomic E-state index is 12.0. The number of aryl methyl sites for hydroxylation is 1. The number of sulfonamides is 1. The minimum Gasteiger partial charge on any atom is -0.481 e. The number of carboxylic acid groups (broad SMARTS) is 1. The predicted molar refractivity (Wildman–Crippen MR) is 70.8 cm³/mol. The van der Waals surface area contributed by atoms with Crippen LogP contribution in [0.2, 0.25) is 0 Å². The van der Waals surface area contributed by atoms with Crippen molar-refractivity contribution in [2.45, 2.75) is 37.8 Å². The van der Waals surface area contributed by atoms with Crippen LogP contribution in [0.5, 0.6) is 0 Å². The van der Waals surface area contributed by atoms with Crippen LogP contribution in [-0.4, -0.2) is 48.5 Å². The van der Waals surface area contributed by atoms with Crippen LogP contribution >= 0.6 is 0 Å². The van der Waals surface area contributed by atoms with Gasteiger partial charge in [0, 0.05) is 19.3 Å². The van der Waals surface area contributed by atoms with Crippen molar-refractivity contribution in [3.05, 3.63) is 12.4 Å². The lowest BCUT2D eigenvalue weighted by Gasteiger charge is -2.12. The Bertz CT molecular complexity index is 540. The molecule has 0 aliphatic heterocycles. The number of carbonyl (C=O) groups is 1. The molecule has 1 heterocycles. The number of aromatic nitrogens is 2. The molecule has 8 nitrogen and oxygen atoms in total. The van der Waals surface area contributed by atoms with E-state index in [-0.39, 0.29) is 30.5 Å². The Hall–Kier alpha value is -1.45. The van der Waals surface area contributed by atoms with Crippen LogP contribution in [0.15, 0.2) is 17.3 Å². The lowest BCUT2D eigenvalue weighted by atomic mass is 10.4. The van der Waals surface area contributed by atoms with Crippen molar-refractivity contribution >= 4 is 16.0 Å². The lowest BCUT2D eigenvalue weighted by molar-refractivity contribution is -0.137. The molecule has 1 rings (SSSR count). The Morgan fingerprint density at radius 2 is 2.30 bits per heavy atom. The molecule has 1 unspecified atom stereocenters. The number of carboxylic acids is 1. The average molecular weight is 305 g/mol. The summed E-state index contributed by atoms with van der Waals surface area (Å²) in [5.74, 6) is -0.964. The summed E-state index contributed by atoms with van der Waals surface area (Å²) in [4.78, 5) is 10.4. The van der Waals surface area contributed by atoms with Gasteiger partial charge in [0.2, 0.25) is 10.0 Å². The number of nitrogens with one attached hydrogen (secondary N) is 1. The highest BCUT2D eigenvalue weighted by molar-refractivity contribution is 7.89. The Morgan fingerprint density at radius 1 is 1.60 bits per heavy atom. The first-order chi connectivity index (χ1) is 9.35. The summed E-state index contributed by atoms with van der Waals surface area (Å²) in [6, 6.07) is 0. The number of ether oxygens (including phenoxy) is 1. The average Bonchev–Trinajstić information content (AvgIpc) is 2.84. The Kier molecular flexibility index (Phi) is 6.11. The van der Waals surface area contributed by atoms with Crippen LogP contribution < -0.4 is 4.72 Å². The van der Waals surface area contributed by atoms with Gasteiger partial charge in [0.25, 0.3) is 0 Å². The second kappa shape index (κ2) is 7.36. The minimum atomic E-state index is -3.65. The molecule has 20 heavy (non-hydrogen) atoms. The third-order valence-corrected chi connectivity index (χ3v) is 3.86. The zero-order chi connectivity index (χ0) is 15.2. The van der Waals surface area contributed by atoms with E-state index in [0.29, 0.717) is 6.61 Å². The second-order valence-electron chi connectivity index (χ2n) is 4.20. The highest BCUT2D eigenvalue weighted by Crippen LogP contribution is 2.07. The third kappa shape index (κ3) is 5.27. The highest BCUT2D eigenvalue weighted by atomic mass is 32.2. The molecule has 1 aromatic rings. The molecule has 0 radical (unpaired) electrons. The molecule has 0 aromatic carbocycles. The van der Waals surface area contributed by atoms with Crippen LogP contribution in [-0.2, 0) is 26.1 Å². The van der Waals surface area contributed by atoms with Crippen molar-refractivity contribution in [2.75, 3.05) is 13.2 Å². The van der Waals surface area contributed by atoms with E-state index in [1.807, 2.05) is 6.92 Å². The van der Waals surface area contributed by atoms with Crippen molar-refractivity contribution in [1.29, 1.82) is 0 Å². The highest BCUT2D eigenvalue weighted by Gasteiger charge is 2.17. The van der Waals surface area contributed by atoms with Crippen LogP contribution in [0.1, 0.15) is 20.3 Å². The molecule has 0 bridgehead atoms. The summed E-state index contributed by atoms with van der Waals surface area (Å²) in [7, 11) is -3.65. The number of nitrogens with zero attached hydrogens (tertiary/aromatic N) is 2. The topological polar surface area (TPSA) is 111 Å².